The zero-order valence-electron chi connectivity index (χ0n) is 20.9. The van der Waals surface area contributed by atoms with Crippen LogP contribution in [0.3, 0.4) is 0 Å². The fourth-order valence-corrected chi connectivity index (χ4v) is 4.24. The Morgan fingerprint density at radius 3 is 1.89 bits per heavy atom. The summed E-state index contributed by atoms with van der Waals surface area (Å²) in [5.41, 5.74) is 21.5. The van der Waals surface area contributed by atoms with Crippen LogP contribution < -0.4 is 38.9 Å². The molecule has 4 atom stereocenters. The lowest BCUT2D eigenvalue weighted by Crippen LogP contribution is -2.58. The van der Waals surface area contributed by atoms with Gasteiger partial charge in [0, 0.05) is 0 Å². The molecule has 0 aromatic carbocycles. The molecule has 1 rings (SSSR count). The predicted molar refractivity (Wildman–Crippen MR) is 133 cm³/mol. The number of primary amides is 2. The maximum Gasteiger partial charge on any atom is 0.243 e. The third-order valence-electron chi connectivity index (χ3n) is 6.40. The molecule has 0 unspecified atom stereocenters. The Morgan fingerprint density at radius 1 is 0.806 bits per heavy atom. The lowest BCUT2D eigenvalue weighted by Gasteiger charge is -2.27. The molecule has 1 aliphatic carbocycles. The maximum absolute atomic E-state index is 13.2. The minimum absolute atomic E-state index is 0.205. The van der Waals surface area contributed by atoms with Crippen LogP contribution in [0.1, 0.15) is 70.6 Å². The molecule has 1 saturated carbocycles. The van der Waals surface area contributed by atoms with Crippen LogP contribution in [0.15, 0.2) is 0 Å². The highest BCUT2D eigenvalue weighted by Crippen LogP contribution is 2.27. The molecule has 0 aliphatic heterocycles. The van der Waals surface area contributed by atoms with Crippen molar-refractivity contribution in [3.63, 3.8) is 0 Å². The number of nitrogens with two attached hydrogens (primary N) is 4. The molecule has 12 N–H and O–H groups in total. The number of unbranched alkanes of at least 4 members (excludes halogenated alkanes) is 1. The summed E-state index contributed by atoms with van der Waals surface area (Å²) in [5.74, 6) is -3.32. The summed E-state index contributed by atoms with van der Waals surface area (Å²) in [7, 11) is 0. The Labute approximate surface area is 211 Å². The Morgan fingerprint density at radius 2 is 1.36 bits per heavy atom. The quantitative estimate of drug-likeness (QED) is 0.0972. The fourth-order valence-electron chi connectivity index (χ4n) is 4.24. The Hall–Kier alpha value is -2.77. The third kappa shape index (κ3) is 11.8. The summed E-state index contributed by atoms with van der Waals surface area (Å²) >= 11 is 0. The molecule has 1 aliphatic rings. The average Bonchev–Trinajstić information content (AvgIpc) is 2.84. The van der Waals surface area contributed by atoms with Crippen molar-refractivity contribution in [1.29, 1.82) is 0 Å². The van der Waals surface area contributed by atoms with E-state index in [-0.39, 0.29) is 6.42 Å². The van der Waals surface area contributed by atoms with E-state index in [1.807, 2.05) is 0 Å². The Kier molecular flexibility index (Phi) is 14.6. The van der Waals surface area contributed by atoms with Crippen LogP contribution in [0.4, 0.5) is 0 Å². The second kappa shape index (κ2) is 16.8. The van der Waals surface area contributed by atoms with Crippen molar-refractivity contribution < 1.29 is 29.1 Å². The maximum atomic E-state index is 13.2. The van der Waals surface area contributed by atoms with Gasteiger partial charge in [-0.15, -0.1) is 0 Å². The predicted octanol–water partition coefficient (Wildman–Crippen LogP) is -2.39. The second-order valence-electron chi connectivity index (χ2n) is 9.41. The van der Waals surface area contributed by atoms with Crippen molar-refractivity contribution in [3.05, 3.63) is 0 Å². The van der Waals surface area contributed by atoms with E-state index in [9.17, 15) is 29.1 Å². The molecule has 36 heavy (non-hydrogen) atoms. The highest BCUT2D eigenvalue weighted by Gasteiger charge is 2.30. The summed E-state index contributed by atoms with van der Waals surface area (Å²) in [6, 6.07) is -4.56. The third-order valence-corrected chi connectivity index (χ3v) is 6.40. The molecule has 0 aromatic heterocycles. The van der Waals surface area contributed by atoms with Crippen LogP contribution in [0.25, 0.3) is 0 Å². The van der Waals surface area contributed by atoms with E-state index in [4.69, 9.17) is 22.9 Å². The number of carbonyl (C=O) groups is 5. The van der Waals surface area contributed by atoms with Gasteiger partial charge in [-0.3, -0.25) is 24.0 Å². The van der Waals surface area contributed by atoms with Crippen LogP contribution in [0, 0.1) is 5.92 Å². The van der Waals surface area contributed by atoms with Crippen molar-refractivity contribution >= 4 is 29.5 Å². The van der Waals surface area contributed by atoms with Crippen LogP contribution in [-0.4, -0.2) is 72.0 Å². The molecule has 0 bridgehead atoms. The zero-order chi connectivity index (χ0) is 27.1. The first-order chi connectivity index (χ1) is 17.1. The molecule has 0 saturated heterocycles. The van der Waals surface area contributed by atoms with Crippen LogP contribution in [-0.2, 0) is 24.0 Å². The monoisotopic (exact) mass is 513 g/mol. The van der Waals surface area contributed by atoms with E-state index in [2.05, 4.69) is 16.0 Å². The van der Waals surface area contributed by atoms with Crippen molar-refractivity contribution in [2.24, 2.45) is 28.9 Å². The van der Waals surface area contributed by atoms with E-state index >= 15 is 0 Å². The minimum Gasteiger partial charge on any atom is -0.394 e. The molecular formula is C23H43N7O6. The number of rotatable bonds is 17. The lowest BCUT2D eigenvalue weighted by molar-refractivity contribution is -0.134. The van der Waals surface area contributed by atoms with Gasteiger partial charge in [0.15, 0.2) is 0 Å². The number of aliphatic hydroxyl groups is 1. The molecule has 0 heterocycles. The summed E-state index contributed by atoms with van der Waals surface area (Å²) < 4.78 is 0. The SMILES string of the molecule is NCCCC[C@H](NC(=O)[C@H](CCC1CCCCC1)NC(=O)[C@@H](N)CO)C(=O)N[C@@H](CC(N)=O)C(N)=O. The van der Waals surface area contributed by atoms with Gasteiger partial charge in [-0.05, 0) is 44.6 Å². The van der Waals surface area contributed by atoms with Gasteiger partial charge < -0.3 is 44.0 Å². The Balaban J connectivity index is 2.97. The average molecular weight is 514 g/mol. The van der Waals surface area contributed by atoms with E-state index in [1.165, 1.54) is 6.42 Å². The molecule has 5 amide bonds. The second-order valence-corrected chi connectivity index (χ2v) is 9.41. The highest BCUT2D eigenvalue weighted by atomic mass is 16.3. The molecule has 0 spiro atoms. The van der Waals surface area contributed by atoms with Gasteiger partial charge in [-0.1, -0.05) is 32.1 Å². The first-order valence-electron chi connectivity index (χ1n) is 12.6. The zero-order valence-corrected chi connectivity index (χ0v) is 20.9. The van der Waals surface area contributed by atoms with Gasteiger partial charge in [0.05, 0.1) is 13.0 Å². The summed E-state index contributed by atoms with van der Waals surface area (Å²) in [6.07, 6.45) is 7.39. The Bertz CT molecular complexity index is 744. The number of hydrogen-bond donors (Lipinski definition) is 8. The molecule has 206 valence electrons. The topological polar surface area (TPSA) is 246 Å². The molecule has 1 fully saturated rings. The van der Waals surface area contributed by atoms with Crippen LogP contribution >= 0.6 is 0 Å². The van der Waals surface area contributed by atoms with Gasteiger partial charge >= 0.3 is 0 Å². The number of aliphatic hydroxyl groups excluding tert-OH is 1. The lowest BCUT2D eigenvalue weighted by atomic mass is 9.85. The number of nitrogens with one attached hydrogen (secondary N) is 3. The normalized spacial score (nSPS) is 17.3. The smallest absolute Gasteiger partial charge is 0.243 e. The van der Waals surface area contributed by atoms with E-state index in [0.29, 0.717) is 38.1 Å². The molecule has 13 nitrogen and oxygen atoms in total. The number of carbonyl (C=O) groups excluding carboxylic acids is 5. The minimum atomic E-state index is -1.33. The van der Waals surface area contributed by atoms with Gasteiger partial charge in [0.25, 0.3) is 0 Å². The molecular weight excluding hydrogens is 470 g/mol. The molecule has 0 radical (unpaired) electrons. The highest BCUT2D eigenvalue weighted by molar-refractivity contribution is 5.95. The van der Waals surface area contributed by atoms with Crippen LogP contribution in [0.2, 0.25) is 0 Å². The van der Waals surface area contributed by atoms with Crippen molar-refractivity contribution in [2.45, 2.75) is 94.8 Å². The van der Waals surface area contributed by atoms with Crippen molar-refractivity contribution in [3.8, 4) is 0 Å². The van der Waals surface area contributed by atoms with Crippen molar-refractivity contribution in [2.75, 3.05) is 13.2 Å². The molecule has 0 aromatic rings. The van der Waals surface area contributed by atoms with E-state index in [1.54, 1.807) is 0 Å². The van der Waals surface area contributed by atoms with Gasteiger partial charge in [0.2, 0.25) is 29.5 Å². The standard InChI is InChI=1S/C23H43N7O6/c24-11-5-4-8-16(22(35)30-18(20(27)33)12-19(26)32)29-23(36)17(28-21(34)15(25)13-31)10-9-14-6-2-1-3-7-14/h14-18,31H,1-13,24-25H2,(H2,26,32)(H2,27,33)(H,28,34)(H,29,36)(H,30,35)/t15-,16-,17-,18-/m0/s1. The molecule has 13 heteroatoms. The first-order valence-corrected chi connectivity index (χ1v) is 12.6. The van der Waals surface area contributed by atoms with Gasteiger partial charge in [-0.25, -0.2) is 0 Å². The van der Waals surface area contributed by atoms with Crippen molar-refractivity contribution in [1.82, 2.24) is 16.0 Å². The first kappa shape index (κ1) is 31.3. The summed E-state index contributed by atoms with van der Waals surface area (Å²) in [6.45, 7) is -0.200. The van der Waals surface area contributed by atoms with E-state index in [0.717, 1.165) is 25.7 Å². The van der Waals surface area contributed by atoms with Crippen LogP contribution in [0.5, 0.6) is 0 Å². The summed E-state index contributed by atoms with van der Waals surface area (Å²) in [5, 5.41) is 16.8. The number of amides is 5. The fraction of sp³-hybridized carbons (Fsp3) is 0.783. The van der Waals surface area contributed by atoms with Gasteiger partial charge in [-0.2, -0.15) is 0 Å². The largest absolute Gasteiger partial charge is 0.394 e. The summed E-state index contributed by atoms with van der Waals surface area (Å²) in [4.78, 5) is 61.3. The van der Waals surface area contributed by atoms with Gasteiger partial charge in [0.1, 0.15) is 24.2 Å². The number of hydrogen-bond acceptors (Lipinski definition) is 8. The van der Waals surface area contributed by atoms with E-state index < -0.39 is 66.7 Å².